The molecule has 1 aromatic carbocycles. The van der Waals surface area contributed by atoms with E-state index in [9.17, 15) is 4.79 Å². The van der Waals surface area contributed by atoms with E-state index in [1.807, 2.05) is 0 Å². The molecule has 4 nitrogen and oxygen atoms in total. The van der Waals surface area contributed by atoms with Crippen LogP contribution in [-0.2, 0) is 6.54 Å². The molecule has 0 radical (unpaired) electrons. The number of aliphatic hydroxyl groups excluding tert-OH is 1. The summed E-state index contributed by atoms with van der Waals surface area (Å²) in [6.07, 6.45) is 2.48. The van der Waals surface area contributed by atoms with Gasteiger partial charge in [-0.1, -0.05) is 11.6 Å². The van der Waals surface area contributed by atoms with Crippen molar-refractivity contribution in [3.63, 3.8) is 0 Å². The molecule has 0 amide bonds. The highest BCUT2D eigenvalue weighted by molar-refractivity contribution is 6.33. The first kappa shape index (κ1) is 12.0. The van der Waals surface area contributed by atoms with Crippen LogP contribution in [-0.4, -0.2) is 29.7 Å². The fourth-order valence-corrected chi connectivity index (χ4v) is 2.10. The summed E-state index contributed by atoms with van der Waals surface area (Å²) in [7, 11) is 1.53. The van der Waals surface area contributed by atoms with Crippen molar-refractivity contribution in [3.05, 3.63) is 28.9 Å². The second-order valence-corrected chi connectivity index (χ2v) is 4.03. The smallest absolute Gasteiger partial charge is 0.152 e. The third-order valence-corrected chi connectivity index (χ3v) is 2.95. The Morgan fingerprint density at radius 2 is 2.29 bits per heavy atom. The fraction of sp³-hybridized carbons (Fsp3) is 0.250. The highest BCUT2D eigenvalue weighted by atomic mass is 35.5. The Labute approximate surface area is 103 Å². The van der Waals surface area contributed by atoms with Crippen LogP contribution in [0.25, 0.3) is 10.9 Å². The number of hydrogen-bond donors (Lipinski definition) is 1. The van der Waals surface area contributed by atoms with Crippen molar-refractivity contribution in [1.82, 2.24) is 4.57 Å². The lowest BCUT2D eigenvalue weighted by Crippen LogP contribution is -1.99. The number of ether oxygens (including phenoxy) is 1. The molecular weight excluding hydrogens is 242 g/mol. The van der Waals surface area contributed by atoms with E-state index < -0.39 is 0 Å². The van der Waals surface area contributed by atoms with Crippen LogP contribution in [0.2, 0.25) is 5.02 Å². The van der Waals surface area contributed by atoms with Gasteiger partial charge in [0, 0.05) is 23.7 Å². The summed E-state index contributed by atoms with van der Waals surface area (Å²) in [5, 5.41) is 10.2. The molecular formula is C12H12ClNO3. The van der Waals surface area contributed by atoms with Gasteiger partial charge in [0.1, 0.15) is 5.75 Å². The molecule has 17 heavy (non-hydrogen) atoms. The molecule has 2 aromatic rings. The number of benzene rings is 1. The van der Waals surface area contributed by atoms with Gasteiger partial charge >= 0.3 is 0 Å². The first-order valence-corrected chi connectivity index (χ1v) is 5.51. The monoisotopic (exact) mass is 253 g/mol. The molecule has 0 unspecified atom stereocenters. The SMILES string of the molecule is COc1cc2c(C=O)cn(CCO)c2cc1Cl. The van der Waals surface area contributed by atoms with E-state index in [4.69, 9.17) is 21.4 Å². The van der Waals surface area contributed by atoms with E-state index in [1.54, 1.807) is 22.9 Å². The largest absolute Gasteiger partial charge is 0.495 e. The number of carbonyl (C=O) groups excluding carboxylic acids is 1. The van der Waals surface area contributed by atoms with Crippen LogP contribution in [0.3, 0.4) is 0 Å². The van der Waals surface area contributed by atoms with Crippen LogP contribution in [0.1, 0.15) is 10.4 Å². The minimum absolute atomic E-state index is 0.00568. The number of aldehydes is 1. The Balaban J connectivity index is 2.71. The van der Waals surface area contributed by atoms with Crippen LogP contribution in [0.4, 0.5) is 0 Å². The van der Waals surface area contributed by atoms with Gasteiger partial charge < -0.3 is 14.4 Å². The Kier molecular flexibility index (Phi) is 3.36. The van der Waals surface area contributed by atoms with E-state index >= 15 is 0 Å². The van der Waals surface area contributed by atoms with Gasteiger partial charge in [0.2, 0.25) is 0 Å². The van der Waals surface area contributed by atoms with Crippen molar-refractivity contribution < 1.29 is 14.6 Å². The minimum atomic E-state index is 0.00568. The van der Waals surface area contributed by atoms with Crippen LogP contribution in [0.15, 0.2) is 18.3 Å². The fourth-order valence-electron chi connectivity index (χ4n) is 1.86. The molecule has 0 aliphatic carbocycles. The first-order chi connectivity index (χ1) is 8.21. The number of rotatable bonds is 4. The number of halogens is 1. The predicted molar refractivity (Wildman–Crippen MR) is 66.0 cm³/mol. The summed E-state index contributed by atoms with van der Waals surface area (Å²) in [6, 6.07) is 3.47. The summed E-state index contributed by atoms with van der Waals surface area (Å²) in [6.45, 7) is 0.429. The molecule has 5 heteroatoms. The van der Waals surface area contributed by atoms with E-state index in [-0.39, 0.29) is 6.61 Å². The van der Waals surface area contributed by atoms with Crippen molar-refractivity contribution in [1.29, 1.82) is 0 Å². The molecule has 2 rings (SSSR count). The standard InChI is InChI=1S/C12H12ClNO3/c1-17-12-4-9-8(7-16)6-14(2-3-15)11(9)5-10(12)13/h4-7,15H,2-3H2,1H3. The topological polar surface area (TPSA) is 51.5 Å². The summed E-state index contributed by atoms with van der Waals surface area (Å²) in [5.41, 5.74) is 1.37. The zero-order valence-corrected chi connectivity index (χ0v) is 10.1. The van der Waals surface area contributed by atoms with Gasteiger partial charge in [-0.2, -0.15) is 0 Å². The molecule has 0 saturated heterocycles. The molecule has 0 bridgehead atoms. The normalized spacial score (nSPS) is 10.8. The third-order valence-electron chi connectivity index (χ3n) is 2.65. The van der Waals surface area contributed by atoms with Crippen LogP contribution < -0.4 is 4.74 Å². The Bertz CT molecular complexity index is 562. The molecule has 1 aromatic heterocycles. The number of carbonyl (C=O) groups is 1. The van der Waals surface area contributed by atoms with Crippen LogP contribution >= 0.6 is 11.6 Å². The van der Waals surface area contributed by atoms with Gasteiger partial charge in [0.25, 0.3) is 0 Å². The zero-order chi connectivity index (χ0) is 12.4. The number of aliphatic hydroxyl groups is 1. The highest BCUT2D eigenvalue weighted by Crippen LogP contribution is 2.32. The zero-order valence-electron chi connectivity index (χ0n) is 9.31. The Morgan fingerprint density at radius 3 is 2.88 bits per heavy atom. The minimum Gasteiger partial charge on any atom is -0.495 e. The van der Waals surface area contributed by atoms with Gasteiger partial charge in [-0.25, -0.2) is 0 Å². The van der Waals surface area contributed by atoms with Crippen molar-refractivity contribution in [2.24, 2.45) is 0 Å². The average Bonchev–Trinajstić information content (AvgIpc) is 2.66. The van der Waals surface area contributed by atoms with E-state index in [0.717, 1.165) is 17.2 Å². The maximum absolute atomic E-state index is 11.0. The van der Waals surface area contributed by atoms with Gasteiger partial charge in [-0.3, -0.25) is 4.79 Å². The number of aromatic nitrogens is 1. The predicted octanol–water partition coefficient (Wildman–Crippen LogP) is 2.11. The van der Waals surface area contributed by atoms with Gasteiger partial charge in [-0.05, 0) is 12.1 Å². The average molecular weight is 254 g/mol. The Morgan fingerprint density at radius 1 is 1.53 bits per heavy atom. The van der Waals surface area contributed by atoms with Crippen LogP contribution in [0.5, 0.6) is 5.75 Å². The van der Waals surface area contributed by atoms with Crippen molar-refractivity contribution in [3.8, 4) is 5.75 Å². The van der Waals surface area contributed by atoms with E-state index in [0.29, 0.717) is 22.9 Å². The molecule has 0 aliphatic rings. The number of methoxy groups -OCH3 is 1. The van der Waals surface area contributed by atoms with E-state index in [2.05, 4.69) is 0 Å². The lowest BCUT2D eigenvalue weighted by Gasteiger charge is -2.06. The lowest BCUT2D eigenvalue weighted by atomic mass is 10.2. The highest BCUT2D eigenvalue weighted by Gasteiger charge is 2.11. The quantitative estimate of drug-likeness (QED) is 0.849. The van der Waals surface area contributed by atoms with Gasteiger partial charge in [0.15, 0.2) is 6.29 Å². The summed E-state index contributed by atoms with van der Waals surface area (Å²) >= 11 is 6.04. The number of hydrogen-bond acceptors (Lipinski definition) is 3. The van der Waals surface area contributed by atoms with Crippen molar-refractivity contribution in [2.45, 2.75) is 6.54 Å². The van der Waals surface area contributed by atoms with E-state index in [1.165, 1.54) is 7.11 Å². The second-order valence-electron chi connectivity index (χ2n) is 3.62. The Hall–Kier alpha value is -1.52. The molecule has 0 spiro atoms. The number of nitrogens with zero attached hydrogens (tertiary/aromatic N) is 1. The van der Waals surface area contributed by atoms with Crippen molar-refractivity contribution >= 4 is 28.8 Å². The molecule has 0 fully saturated rings. The first-order valence-electron chi connectivity index (χ1n) is 5.13. The molecule has 90 valence electrons. The van der Waals surface area contributed by atoms with Crippen molar-refractivity contribution in [2.75, 3.05) is 13.7 Å². The van der Waals surface area contributed by atoms with Gasteiger partial charge in [0.05, 0.1) is 24.3 Å². The molecule has 0 atom stereocenters. The maximum atomic E-state index is 11.0. The molecule has 1 heterocycles. The van der Waals surface area contributed by atoms with Crippen LogP contribution in [0, 0.1) is 0 Å². The van der Waals surface area contributed by atoms with Gasteiger partial charge in [-0.15, -0.1) is 0 Å². The second kappa shape index (κ2) is 4.77. The molecule has 0 aliphatic heterocycles. The molecule has 0 saturated carbocycles. The number of fused-ring (bicyclic) bond motifs is 1. The summed E-state index contributed by atoms with van der Waals surface area (Å²) < 4.78 is 6.91. The molecule has 1 N–H and O–H groups in total. The summed E-state index contributed by atoms with van der Waals surface area (Å²) in [4.78, 5) is 11.0. The maximum Gasteiger partial charge on any atom is 0.152 e. The summed E-state index contributed by atoms with van der Waals surface area (Å²) in [5.74, 6) is 0.531. The third kappa shape index (κ3) is 2.01. The lowest BCUT2D eigenvalue weighted by molar-refractivity contribution is 0.112.